The van der Waals surface area contributed by atoms with E-state index in [-0.39, 0.29) is 27.6 Å². The van der Waals surface area contributed by atoms with E-state index in [1.165, 1.54) is 6.07 Å². The van der Waals surface area contributed by atoms with Gasteiger partial charge in [-0.25, -0.2) is 4.39 Å². The van der Waals surface area contributed by atoms with Gasteiger partial charge in [0.05, 0.1) is 30.9 Å². The van der Waals surface area contributed by atoms with Crippen molar-refractivity contribution < 1.29 is 19.0 Å². The quantitative estimate of drug-likeness (QED) is 0.217. The van der Waals surface area contributed by atoms with Crippen LogP contribution in [0.15, 0.2) is 36.4 Å². The summed E-state index contributed by atoms with van der Waals surface area (Å²) in [6.45, 7) is 11.7. The number of hydrogen-bond donors (Lipinski definition) is 2. The summed E-state index contributed by atoms with van der Waals surface area (Å²) in [6, 6.07) is 11.0. The van der Waals surface area contributed by atoms with E-state index >= 15 is 0 Å². The van der Waals surface area contributed by atoms with Crippen molar-refractivity contribution in [2.24, 2.45) is 16.2 Å². The van der Waals surface area contributed by atoms with Crippen LogP contribution in [-0.4, -0.2) is 84.6 Å². The number of phenols is 1. The van der Waals surface area contributed by atoms with E-state index in [9.17, 15) is 9.50 Å². The van der Waals surface area contributed by atoms with Crippen LogP contribution in [0.4, 0.5) is 10.2 Å². The van der Waals surface area contributed by atoms with E-state index < -0.39 is 5.82 Å². The number of rotatable bonds is 7. The highest BCUT2D eigenvalue weighted by Crippen LogP contribution is 2.54. The molecule has 3 aromatic carbocycles. The third-order valence-corrected chi connectivity index (χ3v) is 12.5. The molecule has 0 amide bonds. The van der Waals surface area contributed by atoms with Crippen LogP contribution < -0.4 is 15.0 Å². The van der Waals surface area contributed by atoms with Crippen LogP contribution in [0.25, 0.3) is 32.8 Å². The molecule has 2 N–H and O–H groups in total. The topological polar surface area (TPSA) is 83.0 Å². The molecule has 5 heterocycles. The van der Waals surface area contributed by atoms with E-state index in [0.717, 1.165) is 82.8 Å². The van der Waals surface area contributed by atoms with Gasteiger partial charge in [-0.1, -0.05) is 37.4 Å². The predicted octanol–water partition coefficient (Wildman–Crippen LogP) is 6.39. The lowest BCUT2D eigenvalue weighted by Crippen LogP contribution is -2.51. The number of anilines is 1. The molecule has 8 nitrogen and oxygen atoms in total. The summed E-state index contributed by atoms with van der Waals surface area (Å²) in [7, 11) is 0. The van der Waals surface area contributed by atoms with Gasteiger partial charge in [-0.2, -0.15) is 9.97 Å². The van der Waals surface area contributed by atoms with Crippen LogP contribution >= 0.6 is 11.6 Å². The number of terminal acetylenes is 1. The molecule has 49 heavy (non-hydrogen) atoms. The second-order valence-corrected chi connectivity index (χ2v) is 16.3. The number of halogens is 2. The molecule has 4 atom stereocenters. The third kappa shape index (κ3) is 5.22. The molecule has 2 bridgehead atoms. The van der Waals surface area contributed by atoms with Crippen LogP contribution in [0.2, 0.25) is 5.02 Å². The highest BCUT2D eigenvalue weighted by Gasteiger charge is 2.57. The molecule has 5 aliphatic rings. The lowest BCUT2D eigenvalue weighted by molar-refractivity contribution is 0.112. The summed E-state index contributed by atoms with van der Waals surface area (Å²) in [4.78, 5) is 15.0. The molecule has 0 spiro atoms. The lowest BCUT2D eigenvalue weighted by Gasteiger charge is -2.34. The Morgan fingerprint density at radius 3 is 2.49 bits per heavy atom. The van der Waals surface area contributed by atoms with Gasteiger partial charge in [0.25, 0.3) is 0 Å². The highest BCUT2D eigenvalue weighted by molar-refractivity contribution is 6.35. The fourth-order valence-electron chi connectivity index (χ4n) is 9.07. The summed E-state index contributed by atoms with van der Waals surface area (Å²) in [5.74, 6) is 2.84. The SMILES string of the molecule is C#Cc1c(F)ccc2cc(O)cc(-c3cc4nc(OCC5(CN6C[C@@]7(C)COC[C@]7(C)C6)CC5)nc(N5CC6CCC(C5)N6)c4cc3Cl)c12. The van der Waals surface area contributed by atoms with E-state index in [2.05, 4.69) is 34.9 Å². The zero-order chi connectivity index (χ0) is 33.7. The van der Waals surface area contributed by atoms with Crippen LogP contribution in [0.1, 0.15) is 45.1 Å². The normalized spacial score (nSPS) is 28.7. The number of phenolic OH excluding ortho intramolecular Hbond substituents is 1. The van der Waals surface area contributed by atoms with Crippen molar-refractivity contribution in [1.29, 1.82) is 0 Å². The zero-order valence-electron chi connectivity index (χ0n) is 28.0. The van der Waals surface area contributed by atoms with Crippen LogP contribution in [0.3, 0.4) is 0 Å². The summed E-state index contributed by atoms with van der Waals surface area (Å²) < 4.78 is 27.4. The maximum Gasteiger partial charge on any atom is 0.318 e. The Morgan fingerprint density at radius 2 is 1.80 bits per heavy atom. The average Bonchev–Trinajstić information content (AvgIpc) is 3.57. The zero-order valence-corrected chi connectivity index (χ0v) is 28.7. The van der Waals surface area contributed by atoms with Crippen molar-refractivity contribution in [2.75, 3.05) is 57.4 Å². The monoisotopic (exact) mass is 681 g/mol. The molecule has 254 valence electrons. The van der Waals surface area contributed by atoms with Crippen molar-refractivity contribution in [2.45, 2.75) is 51.6 Å². The first-order valence-corrected chi connectivity index (χ1v) is 17.8. The number of fused-ring (bicyclic) bond motifs is 5. The minimum Gasteiger partial charge on any atom is -0.508 e. The van der Waals surface area contributed by atoms with Gasteiger partial charge >= 0.3 is 6.01 Å². The van der Waals surface area contributed by atoms with Crippen molar-refractivity contribution in [3.63, 3.8) is 0 Å². The number of ether oxygens (including phenoxy) is 2. The Balaban J connectivity index is 1.09. The summed E-state index contributed by atoms with van der Waals surface area (Å²) in [5, 5.41) is 16.8. The van der Waals surface area contributed by atoms with Gasteiger partial charge in [-0.3, -0.25) is 0 Å². The molecule has 1 aromatic heterocycles. The fraction of sp³-hybridized carbons (Fsp3) is 0.487. The number of piperazine rings is 1. The maximum atomic E-state index is 15.0. The van der Waals surface area contributed by atoms with E-state index in [0.29, 0.717) is 57.1 Å². The molecular formula is C39H41ClFN5O3. The first kappa shape index (κ1) is 31.3. The van der Waals surface area contributed by atoms with Crippen molar-refractivity contribution in [1.82, 2.24) is 20.2 Å². The van der Waals surface area contributed by atoms with Crippen LogP contribution in [0, 0.1) is 34.4 Å². The number of hydrogen-bond acceptors (Lipinski definition) is 8. The molecule has 10 heteroatoms. The summed E-state index contributed by atoms with van der Waals surface area (Å²) >= 11 is 7.05. The number of benzene rings is 3. The second-order valence-electron chi connectivity index (χ2n) is 15.9. The smallest absolute Gasteiger partial charge is 0.318 e. The van der Waals surface area contributed by atoms with Gasteiger partial charge in [0.15, 0.2) is 0 Å². The number of nitrogens with zero attached hydrogens (tertiary/aromatic N) is 4. The Kier molecular flexibility index (Phi) is 7.13. The van der Waals surface area contributed by atoms with Crippen LogP contribution in [0.5, 0.6) is 11.8 Å². The predicted molar refractivity (Wildman–Crippen MR) is 190 cm³/mol. The molecule has 2 unspecified atom stereocenters. The van der Waals surface area contributed by atoms with E-state index in [1.54, 1.807) is 18.2 Å². The highest BCUT2D eigenvalue weighted by atomic mass is 35.5. The standard InChI is InChI=1S/C39H41ClFN5O3/c1-4-27-32(41)8-5-23-11-26(47)12-29(34(23)27)28-14-33-30(13-31(28)40)35(46-15-24-6-7-25(16-46)42-24)44-36(43-33)49-22-39(9-10-39)19-45-17-37(2)20-48-21-38(37,3)18-45/h1,5,8,11-14,24-25,42,47H,6-7,9-10,15-22H2,2-3H3/t24?,25?,37-,38-/m0/s1. The fourth-order valence-corrected chi connectivity index (χ4v) is 9.33. The molecular weight excluding hydrogens is 641 g/mol. The first-order valence-electron chi connectivity index (χ1n) is 17.4. The molecule has 0 radical (unpaired) electrons. The molecule has 1 saturated carbocycles. The molecule has 4 aliphatic heterocycles. The number of aromatic nitrogens is 2. The number of likely N-dealkylation sites (tertiary alicyclic amines) is 1. The Labute approximate surface area is 290 Å². The van der Waals surface area contributed by atoms with E-state index in [1.807, 2.05) is 12.1 Å². The lowest BCUT2D eigenvalue weighted by atomic mass is 9.71. The number of nitrogens with one attached hydrogen (secondary N) is 1. The van der Waals surface area contributed by atoms with Crippen molar-refractivity contribution in [3.05, 3.63) is 52.8 Å². The summed E-state index contributed by atoms with van der Waals surface area (Å²) in [5.41, 5.74) is 2.39. The molecule has 4 saturated heterocycles. The minimum atomic E-state index is -0.504. The van der Waals surface area contributed by atoms with Gasteiger partial charge in [0, 0.05) is 82.4 Å². The molecule has 4 aromatic rings. The molecule has 9 rings (SSSR count). The summed E-state index contributed by atoms with van der Waals surface area (Å²) in [6.07, 6.45) is 10.3. The number of aromatic hydroxyl groups is 1. The van der Waals surface area contributed by atoms with Gasteiger partial charge in [-0.15, -0.1) is 6.42 Å². The molecule has 5 fully saturated rings. The minimum absolute atomic E-state index is 0.0313. The molecule has 1 aliphatic carbocycles. The van der Waals surface area contributed by atoms with Gasteiger partial charge in [0.2, 0.25) is 0 Å². The Bertz CT molecular complexity index is 2030. The second kappa shape index (κ2) is 11.2. The largest absolute Gasteiger partial charge is 0.508 e. The Hall–Kier alpha value is -3.68. The van der Waals surface area contributed by atoms with E-state index in [4.69, 9.17) is 37.5 Å². The first-order chi connectivity index (χ1) is 23.5. The van der Waals surface area contributed by atoms with Crippen molar-refractivity contribution >= 4 is 39.1 Å². The van der Waals surface area contributed by atoms with Crippen molar-refractivity contribution in [3.8, 4) is 35.2 Å². The van der Waals surface area contributed by atoms with Gasteiger partial charge in [0.1, 0.15) is 17.4 Å². The third-order valence-electron chi connectivity index (χ3n) is 12.2. The average molecular weight is 682 g/mol. The Morgan fingerprint density at radius 1 is 1.06 bits per heavy atom. The van der Waals surface area contributed by atoms with Gasteiger partial charge < -0.3 is 29.7 Å². The van der Waals surface area contributed by atoms with Gasteiger partial charge in [-0.05, 0) is 67.0 Å². The van der Waals surface area contributed by atoms with Crippen LogP contribution in [-0.2, 0) is 4.74 Å². The maximum absolute atomic E-state index is 15.0.